The van der Waals surface area contributed by atoms with Crippen LogP contribution >= 0.6 is 0 Å². The number of nitro benzene ring substituents is 1. The fourth-order valence-electron chi connectivity index (χ4n) is 5.61. The summed E-state index contributed by atoms with van der Waals surface area (Å²) >= 11 is 0. The van der Waals surface area contributed by atoms with Crippen molar-refractivity contribution < 1.29 is 4.92 Å². The molecule has 3 heteroatoms. The van der Waals surface area contributed by atoms with Crippen LogP contribution < -0.4 is 0 Å². The topological polar surface area (TPSA) is 43.1 Å². The molecular formula is C28H21NO2. The summed E-state index contributed by atoms with van der Waals surface area (Å²) in [5.74, 6) is 0. The average Bonchev–Trinajstić information content (AvgIpc) is 3.01. The molecule has 4 aromatic rings. The summed E-state index contributed by atoms with van der Waals surface area (Å²) in [6.45, 7) is 4.57. The molecule has 0 bridgehead atoms. The Morgan fingerprint density at radius 1 is 0.903 bits per heavy atom. The number of allylic oxidation sites excluding steroid dienone is 1. The zero-order chi connectivity index (χ0) is 21.3. The zero-order valence-electron chi connectivity index (χ0n) is 17.5. The van der Waals surface area contributed by atoms with Gasteiger partial charge in [-0.05, 0) is 80.4 Å². The van der Waals surface area contributed by atoms with E-state index in [1.807, 2.05) is 12.1 Å². The zero-order valence-corrected chi connectivity index (χ0v) is 17.5. The van der Waals surface area contributed by atoms with Gasteiger partial charge >= 0.3 is 0 Å². The number of fused-ring (bicyclic) bond motifs is 4. The lowest BCUT2D eigenvalue weighted by Crippen LogP contribution is -2.16. The van der Waals surface area contributed by atoms with Crippen molar-refractivity contribution in [3.05, 3.63) is 105 Å². The minimum atomic E-state index is -0.286. The fraction of sp³-hybridized carbons (Fsp3) is 0.143. The molecule has 2 aliphatic carbocycles. The lowest BCUT2D eigenvalue weighted by Gasteiger charge is -2.25. The van der Waals surface area contributed by atoms with E-state index in [4.69, 9.17) is 0 Å². The summed E-state index contributed by atoms with van der Waals surface area (Å²) in [4.78, 5) is 11.4. The molecule has 0 unspecified atom stereocenters. The smallest absolute Gasteiger partial charge is 0.258 e. The summed E-state index contributed by atoms with van der Waals surface area (Å²) in [6, 6.07) is 22.3. The molecule has 0 aliphatic heterocycles. The van der Waals surface area contributed by atoms with Gasteiger partial charge in [-0.3, -0.25) is 10.1 Å². The quantitative estimate of drug-likeness (QED) is 0.260. The average molecular weight is 403 g/mol. The molecule has 4 aromatic carbocycles. The predicted molar refractivity (Wildman–Crippen MR) is 126 cm³/mol. The lowest BCUT2D eigenvalue weighted by atomic mass is 9.77. The first-order valence-electron chi connectivity index (χ1n) is 10.6. The Morgan fingerprint density at radius 3 is 2.45 bits per heavy atom. The van der Waals surface area contributed by atoms with E-state index < -0.39 is 0 Å². The van der Waals surface area contributed by atoms with E-state index in [0.29, 0.717) is 5.56 Å². The molecule has 0 heterocycles. The van der Waals surface area contributed by atoms with Crippen LogP contribution in [0.3, 0.4) is 0 Å². The molecule has 150 valence electrons. The van der Waals surface area contributed by atoms with Crippen molar-refractivity contribution in [3.8, 4) is 22.3 Å². The van der Waals surface area contributed by atoms with E-state index in [2.05, 4.69) is 68.5 Å². The Labute approximate surface area is 180 Å². The summed E-state index contributed by atoms with van der Waals surface area (Å²) in [5.41, 5.74) is 9.30. The largest absolute Gasteiger partial charge is 0.277 e. The molecule has 0 aromatic heterocycles. The van der Waals surface area contributed by atoms with Gasteiger partial charge in [0.15, 0.2) is 0 Å². The van der Waals surface area contributed by atoms with Gasteiger partial charge in [0.05, 0.1) is 10.5 Å². The normalized spacial score (nSPS) is 15.0. The van der Waals surface area contributed by atoms with Crippen molar-refractivity contribution in [1.82, 2.24) is 0 Å². The maximum Gasteiger partial charge on any atom is 0.277 e. The van der Waals surface area contributed by atoms with Crippen LogP contribution in [0.25, 0.3) is 39.1 Å². The molecule has 0 radical (unpaired) electrons. The second-order valence-electron chi connectivity index (χ2n) is 9.00. The molecule has 2 aliphatic rings. The second-order valence-corrected chi connectivity index (χ2v) is 9.00. The Kier molecular flexibility index (Phi) is 3.58. The molecule has 6 rings (SSSR count). The third-order valence-electron chi connectivity index (χ3n) is 6.91. The number of rotatable bonds is 2. The molecular weight excluding hydrogens is 382 g/mol. The van der Waals surface area contributed by atoms with E-state index in [1.165, 1.54) is 44.2 Å². The van der Waals surface area contributed by atoms with E-state index in [-0.39, 0.29) is 16.0 Å². The van der Waals surface area contributed by atoms with Gasteiger partial charge in [0, 0.05) is 11.5 Å². The summed E-state index contributed by atoms with van der Waals surface area (Å²) in [7, 11) is 0. The van der Waals surface area contributed by atoms with Crippen molar-refractivity contribution in [2.45, 2.75) is 25.7 Å². The highest BCUT2D eigenvalue weighted by molar-refractivity contribution is 6.06. The molecule has 0 amide bonds. The van der Waals surface area contributed by atoms with Crippen molar-refractivity contribution >= 4 is 22.5 Å². The number of benzene rings is 4. The number of hydrogen-bond acceptors (Lipinski definition) is 2. The van der Waals surface area contributed by atoms with Gasteiger partial charge in [-0.15, -0.1) is 0 Å². The Morgan fingerprint density at radius 2 is 1.65 bits per heavy atom. The molecule has 0 fully saturated rings. The van der Waals surface area contributed by atoms with Gasteiger partial charge in [-0.1, -0.05) is 62.4 Å². The van der Waals surface area contributed by atoms with E-state index in [0.717, 1.165) is 12.0 Å². The summed E-state index contributed by atoms with van der Waals surface area (Å²) in [6.07, 6.45) is 5.25. The summed E-state index contributed by atoms with van der Waals surface area (Å²) < 4.78 is 0. The van der Waals surface area contributed by atoms with Crippen LogP contribution in [0.5, 0.6) is 0 Å². The highest BCUT2D eigenvalue weighted by Gasteiger charge is 2.37. The molecule has 3 nitrogen and oxygen atoms in total. The van der Waals surface area contributed by atoms with Crippen LogP contribution in [0.1, 0.15) is 36.1 Å². The molecule has 0 N–H and O–H groups in total. The van der Waals surface area contributed by atoms with Crippen LogP contribution in [0, 0.1) is 10.1 Å². The number of hydrogen-bond donors (Lipinski definition) is 0. The first-order chi connectivity index (χ1) is 15.0. The standard InChI is InChI=1S/C28H21NO2/c1-28(2)24-12-5-3-11-21(24)22-15-18-9-7-8-17-14-19(16-23(26(17)18)27(22)28)20-10-4-6-13-25(20)29(30)31/h3-7,9-16H,8H2,1-2H3. The Balaban J connectivity index is 1.75. The third-order valence-corrected chi connectivity index (χ3v) is 6.91. The third kappa shape index (κ3) is 2.40. The van der Waals surface area contributed by atoms with Gasteiger partial charge in [0.25, 0.3) is 5.69 Å². The van der Waals surface area contributed by atoms with Gasteiger partial charge in [-0.2, -0.15) is 0 Å². The number of nitro groups is 1. The predicted octanol–water partition coefficient (Wildman–Crippen LogP) is 7.29. The maximum atomic E-state index is 11.7. The molecule has 0 saturated carbocycles. The van der Waals surface area contributed by atoms with Gasteiger partial charge in [0.2, 0.25) is 0 Å². The van der Waals surface area contributed by atoms with E-state index in [1.54, 1.807) is 12.1 Å². The van der Waals surface area contributed by atoms with E-state index in [9.17, 15) is 10.1 Å². The molecule has 31 heavy (non-hydrogen) atoms. The first kappa shape index (κ1) is 18.1. The van der Waals surface area contributed by atoms with Crippen LogP contribution in [0.4, 0.5) is 5.69 Å². The highest BCUT2D eigenvalue weighted by atomic mass is 16.6. The Bertz CT molecular complexity index is 1460. The van der Waals surface area contributed by atoms with Gasteiger partial charge in [-0.25, -0.2) is 0 Å². The maximum absolute atomic E-state index is 11.7. The van der Waals surface area contributed by atoms with Crippen LogP contribution in [-0.2, 0) is 11.8 Å². The minimum absolute atomic E-state index is 0.135. The first-order valence-corrected chi connectivity index (χ1v) is 10.6. The molecule has 0 saturated heterocycles. The van der Waals surface area contributed by atoms with Gasteiger partial charge in [0.1, 0.15) is 0 Å². The Hall–Kier alpha value is -3.72. The minimum Gasteiger partial charge on any atom is -0.258 e. The van der Waals surface area contributed by atoms with Gasteiger partial charge < -0.3 is 0 Å². The van der Waals surface area contributed by atoms with Crippen LogP contribution in [0.2, 0.25) is 0 Å². The SMILES string of the molecule is CC1(C)c2ccccc2-c2cc3c4c(cc(-c5ccccc5[N+](=O)[O-])cc4c21)CC=C3. The van der Waals surface area contributed by atoms with Crippen LogP contribution in [-0.4, -0.2) is 4.92 Å². The summed E-state index contributed by atoms with van der Waals surface area (Å²) in [5, 5.41) is 14.2. The monoisotopic (exact) mass is 403 g/mol. The fourth-order valence-corrected chi connectivity index (χ4v) is 5.61. The van der Waals surface area contributed by atoms with Crippen LogP contribution in [0.15, 0.2) is 72.8 Å². The molecule has 0 atom stereocenters. The van der Waals surface area contributed by atoms with E-state index >= 15 is 0 Å². The van der Waals surface area contributed by atoms with Crippen molar-refractivity contribution in [1.29, 1.82) is 0 Å². The number of nitrogens with zero attached hydrogens (tertiary/aromatic N) is 1. The highest BCUT2D eigenvalue weighted by Crippen LogP contribution is 2.53. The van der Waals surface area contributed by atoms with Crippen molar-refractivity contribution in [3.63, 3.8) is 0 Å². The lowest BCUT2D eigenvalue weighted by molar-refractivity contribution is -0.384. The number of para-hydroxylation sites is 1. The second kappa shape index (κ2) is 6.14. The molecule has 0 spiro atoms. The van der Waals surface area contributed by atoms with Crippen molar-refractivity contribution in [2.24, 2.45) is 0 Å². The van der Waals surface area contributed by atoms with Crippen molar-refractivity contribution in [2.75, 3.05) is 0 Å².